The van der Waals surface area contributed by atoms with E-state index in [1.165, 1.54) is 31.4 Å². The lowest BCUT2D eigenvalue weighted by Crippen LogP contribution is -1.94. The largest absolute Gasteiger partial charge is 0.236 e. The Kier molecular flexibility index (Phi) is 9.40. The van der Waals surface area contributed by atoms with Crippen LogP contribution in [0.2, 0.25) is 0 Å². The maximum atomic E-state index is 13.2. The van der Waals surface area contributed by atoms with Crippen molar-refractivity contribution in [3.05, 3.63) is 95.6 Å². The van der Waals surface area contributed by atoms with Crippen molar-refractivity contribution in [3.63, 3.8) is 0 Å². The Morgan fingerprint density at radius 2 is 1.09 bits per heavy atom. The van der Waals surface area contributed by atoms with Gasteiger partial charge in [0.1, 0.15) is 0 Å². The first kappa shape index (κ1) is 25.9. The van der Waals surface area contributed by atoms with E-state index in [1.807, 2.05) is 6.92 Å². The van der Waals surface area contributed by atoms with E-state index in [0.29, 0.717) is 22.8 Å². The monoisotopic (exact) mass is 482 g/mol. The number of aryl methyl sites for hydroxylation is 2. The second-order valence-corrected chi connectivity index (χ2v) is 8.07. The minimum Gasteiger partial charge on any atom is -0.236 e. The molecule has 35 heavy (non-hydrogen) atoms. The number of hydrogen-bond donors (Lipinski definition) is 0. The molecule has 2 aromatic heterocycles. The summed E-state index contributed by atoms with van der Waals surface area (Å²) in [7, 11) is 0. The number of aromatic nitrogens is 4. The highest BCUT2D eigenvalue weighted by molar-refractivity contribution is 5.55. The average molecular weight is 483 g/mol. The van der Waals surface area contributed by atoms with Gasteiger partial charge in [-0.3, -0.25) is 0 Å². The van der Waals surface area contributed by atoms with Crippen molar-refractivity contribution in [3.8, 4) is 22.8 Å². The zero-order valence-corrected chi connectivity index (χ0v) is 19.6. The van der Waals surface area contributed by atoms with Crippen molar-refractivity contribution in [2.24, 2.45) is 0 Å². The summed E-state index contributed by atoms with van der Waals surface area (Å²) in [5.41, 5.74) is 2.95. The molecule has 0 aliphatic carbocycles. The van der Waals surface area contributed by atoms with E-state index in [0.717, 1.165) is 48.2 Å². The lowest BCUT2D eigenvalue weighted by atomic mass is 10.1. The zero-order chi connectivity index (χ0) is 25.2. The normalized spacial score (nSPS) is 10.6. The lowest BCUT2D eigenvalue weighted by Gasteiger charge is -2.03. The SMILES string of the molecule is CCCCCCc1cnc(-c2ccc(F)c(F)c2)nc1.Cc1cnc(-c2ccc(F)c(F)c2)nc1. The molecule has 8 heteroatoms. The lowest BCUT2D eigenvalue weighted by molar-refractivity contribution is 0.509. The molecule has 2 heterocycles. The Hall–Kier alpha value is -3.68. The number of nitrogens with zero attached hydrogens (tertiary/aromatic N) is 4. The highest BCUT2D eigenvalue weighted by atomic mass is 19.2. The number of hydrogen-bond acceptors (Lipinski definition) is 4. The standard InChI is InChI=1S/C16H18F2N2.C11H8F2N2/c1-2-3-4-5-6-12-10-19-16(20-11-12)13-7-8-14(17)15(18)9-13;1-7-5-14-11(15-6-7)8-2-3-9(12)10(13)4-8/h7-11H,2-6H2,1H3;2-6H,1H3. The minimum absolute atomic E-state index is 0.388. The molecule has 0 amide bonds. The Morgan fingerprint density at radius 1 is 0.600 bits per heavy atom. The topological polar surface area (TPSA) is 51.6 Å². The number of rotatable bonds is 7. The predicted molar refractivity (Wildman–Crippen MR) is 127 cm³/mol. The van der Waals surface area contributed by atoms with Crippen molar-refractivity contribution in [1.29, 1.82) is 0 Å². The van der Waals surface area contributed by atoms with Gasteiger partial charge in [-0.05, 0) is 67.3 Å². The maximum absolute atomic E-state index is 13.2. The van der Waals surface area contributed by atoms with E-state index in [9.17, 15) is 17.6 Å². The summed E-state index contributed by atoms with van der Waals surface area (Å²) in [6, 6.07) is 7.28. The van der Waals surface area contributed by atoms with Crippen LogP contribution < -0.4 is 0 Å². The molecule has 4 aromatic rings. The average Bonchev–Trinajstić information content (AvgIpc) is 2.87. The fraction of sp³-hybridized carbons (Fsp3) is 0.259. The molecule has 0 aliphatic heterocycles. The summed E-state index contributed by atoms with van der Waals surface area (Å²) in [4.78, 5) is 16.5. The van der Waals surface area contributed by atoms with Crippen LogP contribution in [0.5, 0.6) is 0 Å². The molecular formula is C27H26F4N4. The van der Waals surface area contributed by atoms with Gasteiger partial charge in [0.2, 0.25) is 0 Å². The Balaban J connectivity index is 0.000000203. The first-order chi connectivity index (χ1) is 16.9. The van der Waals surface area contributed by atoms with Gasteiger partial charge in [-0.1, -0.05) is 26.2 Å². The molecule has 0 unspecified atom stereocenters. The Bertz CT molecular complexity index is 1230. The molecule has 0 bridgehead atoms. The van der Waals surface area contributed by atoms with Crippen LogP contribution in [0.1, 0.15) is 43.7 Å². The van der Waals surface area contributed by atoms with Crippen molar-refractivity contribution in [1.82, 2.24) is 19.9 Å². The Labute approximate surface area is 202 Å². The molecule has 0 fully saturated rings. The van der Waals surface area contributed by atoms with E-state index < -0.39 is 23.3 Å². The minimum atomic E-state index is -0.892. The van der Waals surface area contributed by atoms with Gasteiger partial charge in [-0.2, -0.15) is 0 Å². The van der Waals surface area contributed by atoms with Gasteiger partial charge >= 0.3 is 0 Å². The molecule has 4 nitrogen and oxygen atoms in total. The zero-order valence-electron chi connectivity index (χ0n) is 19.6. The molecular weight excluding hydrogens is 456 g/mol. The van der Waals surface area contributed by atoms with Crippen molar-refractivity contribution >= 4 is 0 Å². The van der Waals surface area contributed by atoms with Gasteiger partial charge < -0.3 is 0 Å². The van der Waals surface area contributed by atoms with Crippen molar-refractivity contribution < 1.29 is 17.6 Å². The number of halogens is 4. The molecule has 0 radical (unpaired) electrons. The summed E-state index contributed by atoms with van der Waals surface area (Å²) in [5, 5.41) is 0. The van der Waals surface area contributed by atoms with Gasteiger partial charge in [0.05, 0.1) is 0 Å². The molecule has 0 aliphatic rings. The summed E-state index contributed by atoms with van der Waals surface area (Å²) in [6.07, 6.45) is 12.5. The van der Waals surface area contributed by atoms with Gasteiger partial charge in [-0.15, -0.1) is 0 Å². The summed E-state index contributed by atoms with van der Waals surface area (Å²) in [5.74, 6) is -2.70. The maximum Gasteiger partial charge on any atom is 0.159 e. The smallest absolute Gasteiger partial charge is 0.159 e. The first-order valence-electron chi connectivity index (χ1n) is 11.4. The van der Waals surface area contributed by atoms with E-state index in [4.69, 9.17) is 0 Å². The number of unbranched alkanes of at least 4 members (excludes halogenated alkanes) is 3. The highest BCUT2D eigenvalue weighted by Gasteiger charge is 2.07. The quantitative estimate of drug-likeness (QED) is 0.205. The molecule has 0 saturated carbocycles. The molecule has 2 aromatic carbocycles. The van der Waals surface area contributed by atoms with Crippen molar-refractivity contribution in [2.75, 3.05) is 0 Å². The predicted octanol–water partition coefficient (Wildman–Crippen LogP) is 7.27. The van der Waals surface area contributed by atoms with Crippen LogP contribution in [0.4, 0.5) is 17.6 Å². The van der Waals surface area contributed by atoms with E-state index >= 15 is 0 Å². The second kappa shape index (κ2) is 12.7. The van der Waals surface area contributed by atoms with Crippen LogP contribution in [0, 0.1) is 30.2 Å². The van der Waals surface area contributed by atoms with Gasteiger partial charge in [0, 0.05) is 35.9 Å². The first-order valence-corrected chi connectivity index (χ1v) is 11.4. The summed E-state index contributed by atoms with van der Waals surface area (Å²) in [6.45, 7) is 4.04. The fourth-order valence-corrected chi connectivity index (χ4v) is 3.20. The van der Waals surface area contributed by atoms with Crippen LogP contribution in [0.3, 0.4) is 0 Å². The molecule has 0 atom stereocenters. The molecule has 0 spiro atoms. The van der Waals surface area contributed by atoms with E-state index in [1.54, 1.807) is 24.8 Å². The van der Waals surface area contributed by atoms with Crippen molar-refractivity contribution in [2.45, 2.75) is 46.0 Å². The fourth-order valence-electron chi connectivity index (χ4n) is 3.20. The molecule has 182 valence electrons. The van der Waals surface area contributed by atoms with Gasteiger partial charge in [-0.25, -0.2) is 37.5 Å². The van der Waals surface area contributed by atoms with Crippen LogP contribution >= 0.6 is 0 Å². The van der Waals surface area contributed by atoms with Gasteiger partial charge in [0.25, 0.3) is 0 Å². The summed E-state index contributed by atoms with van der Waals surface area (Å²) >= 11 is 0. The third-order valence-electron chi connectivity index (χ3n) is 5.16. The third-order valence-corrected chi connectivity index (χ3v) is 5.16. The molecule has 0 saturated heterocycles. The third kappa shape index (κ3) is 7.67. The number of benzene rings is 2. The van der Waals surface area contributed by atoms with Crippen LogP contribution in [-0.2, 0) is 6.42 Å². The van der Waals surface area contributed by atoms with Gasteiger partial charge in [0.15, 0.2) is 34.9 Å². The second-order valence-electron chi connectivity index (χ2n) is 8.07. The van der Waals surface area contributed by atoms with Crippen LogP contribution in [0.25, 0.3) is 22.8 Å². The van der Waals surface area contributed by atoms with Crippen LogP contribution in [0.15, 0.2) is 61.2 Å². The summed E-state index contributed by atoms with van der Waals surface area (Å²) < 4.78 is 51.6. The highest BCUT2D eigenvalue weighted by Crippen LogP contribution is 2.19. The van der Waals surface area contributed by atoms with Crippen LogP contribution in [-0.4, -0.2) is 19.9 Å². The van der Waals surface area contributed by atoms with E-state index in [2.05, 4.69) is 26.9 Å². The molecule has 4 rings (SSSR count). The molecule has 0 N–H and O–H groups in total. The Morgan fingerprint density at radius 3 is 1.54 bits per heavy atom. The van der Waals surface area contributed by atoms with E-state index in [-0.39, 0.29) is 0 Å².